The number of carboxylic acid groups (broad SMARTS) is 1. The summed E-state index contributed by atoms with van der Waals surface area (Å²) >= 11 is 1.32. The molecule has 0 spiro atoms. The molecule has 7 heteroatoms. The predicted octanol–water partition coefficient (Wildman–Crippen LogP) is 2.33. The normalized spacial score (nSPS) is 11.2. The number of rotatable bonds is 4. The molecule has 1 heterocycles. The molecule has 0 saturated heterocycles. The second kappa shape index (κ2) is 5.64. The summed E-state index contributed by atoms with van der Waals surface area (Å²) in [4.78, 5) is 16.3. The van der Waals surface area contributed by atoms with Gasteiger partial charge in [0.15, 0.2) is 9.84 Å². The molecule has 0 bridgehead atoms. The van der Waals surface area contributed by atoms with E-state index < -0.39 is 15.8 Å². The Morgan fingerprint density at radius 1 is 1.15 bits per heavy atom. The van der Waals surface area contributed by atoms with Crippen LogP contribution in [0.15, 0.2) is 57.4 Å². The van der Waals surface area contributed by atoms with Crippen LogP contribution in [-0.2, 0) is 9.84 Å². The van der Waals surface area contributed by atoms with E-state index in [9.17, 15) is 13.2 Å². The number of hydrogen-bond acceptors (Lipinski definition) is 5. The maximum absolute atomic E-state index is 11.4. The van der Waals surface area contributed by atoms with E-state index in [1.54, 1.807) is 18.3 Å². The molecule has 1 N–H and O–H groups in total. The van der Waals surface area contributed by atoms with Gasteiger partial charge >= 0.3 is 5.97 Å². The van der Waals surface area contributed by atoms with Gasteiger partial charge in [-0.25, -0.2) is 13.2 Å². The third-order valence-corrected chi connectivity index (χ3v) is 4.50. The topological polar surface area (TPSA) is 84.3 Å². The van der Waals surface area contributed by atoms with Crippen LogP contribution in [0.2, 0.25) is 0 Å². The van der Waals surface area contributed by atoms with Crippen molar-refractivity contribution < 1.29 is 18.3 Å². The lowest BCUT2D eigenvalue weighted by molar-refractivity contribution is 0.0697. The fourth-order valence-corrected chi connectivity index (χ4v) is 2.97. The molecular weight excluding hydrogens is 298 g/mol. The molecule has 1 aromatic carbocycles. The third kappa shape index (κ3) is 3.58. The molecule has 1 aromatic heterocycles. The van der Waals surface area contributed by atoms with Crippen molar-refractivity contribution in [1.82, 2.24) is 4.98 Å². The standard InChI is InChI=1S/C13H11NO4S2/c1-20(17,18)12-6-11(7-14-8-12)19-10-4-2-9(3-5-10)13(15)16/h2-8H,1H3,(H,15,16). The number of nitrogens with zero attached hydrogens (tertiary/aromatic N) is 1. The summed E-state index contributed by atoms with van der Waals surface area (Å²) in [5.74, 6) is -0.984. The van der Waals surface area contributed by atoms with Crippen LogP contribution in [0.4, 0.5) is 0 Å². The Morgan fingerprint density at radius 2 is 1.80 bits per heavy atom. The van der Waals surface area contributed by atoms with Gasteiger partial charge in [0.25, 0.3) is 0 Å². The molecule has 0 amide bonds. The highest BCUT2D eigenvalue weighted by Crippen LogP contribution is 2.28. The van der Waals surface area contributed by atoms with Crippen molar-refractivity contribution in [3.8, 4) is 0 Å². The fraction of sp³-hybridized carbons (Fsp3) is 0.0769. The van der Waals surface area contributed by atoms with Crippen LogP contribution in [0.1, 0.15) is 10.4 Å². The van der Waals surface area contributed by atoms with Crippen LogP contribution in [0.3, 0.4) is 0 Å². The summed E-state index contributed by atoms with van der Waals surface area (Å²) in [6.45, 7) is 0. The van der Waals surface area contributed by atoms with Crippen molar-refractivity contribution in [1.29, 1.82) is 0 Å². The van der Waals surface area contributed by atoms with Crippen LogP contribution in [0.5, 0.6) is 0 Å². The van der Waals surface area contributed by atoms with Crippen LogP contribution in [-0.4, -0.2) is 30.7 Å². The SMILES string of the molecule is CS(=O)(=O)c1cncc(Sc2ccc(C(=O)O)cc2)c1. The lowest BCUT2D eigenvalue weighted by Gasteiger charge is -2.04. The van der Waals surface area contributed by atoms with Gasteiger partial charge < -0.3 is 5.11 Å². The van der Waals surface area contributed by atoms with E-state index in [1.807, 2.05) is 0 Å². The van der Waals surface area contributed by atoms with Gasteiger partial charge in [0, 0.05) is 28.4 Å². The minimum atomic E-state index is -3.29. The van der Waals surface area contributed by atoms with Crippen LogP contribution in [0.25, 0.3) is 0 Å². The minimum Gasteiger partial charge on any atom is -0.478 e. The lowest BCUT2D eigenvalue weighted by atomic mass is 10.2. The lowest BCUT2D eigenvalue weighted by Crippen LogP contribution is -1.97. The van der Waals surface area contributed by atoms with E-state index in [2.05, 4.69) is 4.98 Å². The Bertz CT molecular complexity index is 739. The highest BCUT2D eigenvalue weighted by molar-refractivity contribution is 7.99. The zero-order chi connectivity index (χ0) is 14.8. The number of aromatic carboxylic acids is 1. The molecule has 0 aliphatic rings. The molecular formula is C13H11NO4S2. The monoisotopic (exact) mass is 309 g/mol. The molecule has 0 fully saturated rings. The first-order valence-corrected chi connectivity index (χ1v) is 8.23. The van der Waals surface area contributed by atoms with Crippen molar-refractivity contribution in [2.45, 2.75) is 14.7 Å². The average molecular weight is 309 g/mol. The predicted molar refractivity (Wildman–Crippen MR) is 74.9 cm³/mol. The highest BCUT2D eigenvalue weighted by Gasteiger charge is 2.09. The number of sulfone groups is 1. The summed E-state index contributed by atoms with van der Waals surface area (Å²) < 4.78 is 22.9. The van der Waals surface area contributed by atoms with E-state index in [0.717, 1.165) is 11.2 Å². The zero-order valence-electron chi connectivity index (χ0n) is 10.5. The summed E-state index contributed by atoms with van der Waals surface area (Å²) in [6, 6.07) is 7.87. The highest BCUT2D eigenvalue weighted by atomic mass is 32.2. The van der Waals surface area contributed by atoms with Crippen molar-refractivity contribution >= 4 is 27.6 Å². The van der Waals surface area contributed by atoms with Gasteiger partial charge in [-0.05, 0) is 30.3 Å². The first-order valence-electron chi connectivity index (χ1n) is 5.52. The first kappa shape index (κ1) is 14.5. The molecule has 0 aliphatic heterocycles. The van der Waals surface area contributed by atoms with E-state index in [4.69, 9.17) is 5.11 Å². The van der Waals surface area contributed by atoms with Gasteiger partial charge in [0.05, 0.1) is 10.5 Å². The largest absolute Gasteiger partial charge is 0.478 e. The molecule has 2 rings (SSSR count). The molecule has 0 atom stereocenters. The zero-order valence-corrected chi connectivity index (χ0v) is 12.1. The Hall–Kier alpha value is -1.86. The first-order chi connectivity index (χ1) is 9.36. The number of hydrogen-bond donors (Lipinski definition) is 1. The number of benzene rings is 1. The van der Waals surface area contributed by atoms with Gasteiger partial charge in [-0.15, -0.1) is 0 Å². The van der Waals surface area contributed by atoms with Crippen LogP contribution in [0, 0.1) is 0 Å². The van der Waals surface area contributed by atoms with Crippen molar-refractivity contribution in [3.63, 3.8) is 0 Å². The molecule has 2 aromatic rings. The second-order valence-corrected chi connectivity index (χ2v) is 7.22. The molecule has 104 valence electrons. The number of pyridine rings is 1. The van der Waals surface area contributed by atoms with Crippen LogP contribution < -0.4 is 0 Å². The Labute approximate surface area is 120 Å². The van der Waals surface area contributed by atoms with E-state index >= 15 is 0 Å². The summed E-state index contributed by atoms with van der Waals surface area (Å²) in [6.07, 6.45) is 3.98. The van der Waals surface area contributed by atoms with Gasteiger partial charge in [0.2, 0.25) is 0 Å². The van der Waals surface area contributed by atoms with Gasteiger partial charge in [-0.2, -0.15) is 0 Å². The summed E-state index contributed by atoms with van der Waals surface area (Å²) in [7, 11) is -3.29. The Balaban J connectivity index is 2.24. The molecule has 20 heavy (non-hydrogen) atoms. The van der Waals surface area contributed by atoms with Gasteiger partial charge in [-0.1, -0.05) is 11.8 Å². The Morgan fingerprint density at radius 3 is 2.35 bits per heavy atom. The fourth-order valence-electron chi connectivity index (χ4n) is 1.46. The van der Waals surface area contributed by atoms with Crippen molar-refractivity contribution in [3.05, 3.63) is 48.3 Å². The maximum Gasteiger partial charge on any atom is 0.335 e. The quantitative estimate of drug-likeness (QED) is 0.933. The van der Waals surface area contributed by atoms with Gasteiger partial charge in [0.1, 0.15) is 0 Å². The smallest absolute Gasteiger partial charge is 0.335 e. The number of aromatic nitrogens is 1. The molecule has 5 nitrogen and oxygen atoms in total. The second-order valence-electron chi connectivity index (χ2n) is 4.06. The van der Waals surface area contributed by atoms with Crippen molar-refractivity contribution in [2.24, 2.45) is 0 Å². The van der Waals surface area contributed by atoms with Crippen LogP contribution >= 0.6 is 11.8 Å². The van der Waals surface area contributed by atoms with Gasteiger partial charge in [-0.3, -0.25) is 4.98 Å². The number of carbonyl (C=O) groups is 1. The third-order valence-electron chi connectivity index (χ3n) is 2.45. The molecule has 0 unspecified atom stereocenters. The summed E-state index contributed by atoms with van der Waals surface area (Å²) in [5.41, 5.74) is 0.206. The Kier molecular flexibility index (Phi) is 4.10. The number of carboxylic acids is 1. The van der Waals surface area contributed by atoms with E-state index in [-0.39, 0.29) is 10.5 Å². The average Bonchev–Trinajstić information content (AvgIpc) is 2.38. The van der Waals surface area contributed by atoms with Crippen molar-refractivity contribution in [2.75, 3.05) is 6.26 Å². The summed E-state index contributed by atoms with van der Waals surface area (Å²) in [5, 5.41) is 8.81. The molecule has 0 radical (unpaired) electrons. The van der Waals surface area contributed by atoms with E-state index in [1.165, 1.54) is 36.2 Å². The minimum absolute atomic E-state index is 0.157. The molecule has 0 saturated carbocycles. The van der Waals surface area contributed by atoms with E-state index in [0.29, 0.717) is 4.90 Å². The molecule has 0 aliphatic carbocycles. The maximum atomic E-state index is 11.4.